The van der Waals surface area contributed by atoms with Crippen molar-refractivity contribution in [1.29, 1.82) is 0 Å². The summed E-state index contributed by atoms with van der Waals surface area (Å²) in [6.45, 7) is 4.31. The van der Waals surface area contributed by atoms with Crippen molar-refractivity contribution in [3.63, 3.8) is 0 Å². The molecule has 0 atom stereocenters. The van der Waals surface area contributed by atoms with Gasteiger partial charge in [0.15, 0.2) is 0 Å². The smallest absolute Gasteiger partial charge is 0.0841 e. The van der Waals surface area contributed by atoms with Gasteiger partial charge in [0.05, 0.1) is 10.7 Å². The minimum atomic E-state index is 0.741. The molecular formula is C14H20ClN. The van der Waals surface area contributed by atoms with Crippen LogP contribution < -0.4 is 0 Å². The van der Waals surface area contributed by atoms with Crippen LogP contribution >= 0.6 is 11.6 Å². The molecule has 0 aliphatic rings. The Bertz CT molecular complexity index is 344. The summed E-state index contributed by atoms with van der Waals surface area (Å²) in [5.41, 5.74) is 2.10. The molecule has 0 bridgehead atoms. The summed E-state index contributed by atoms with van der Waals surface area (Å²) in [5, 5.41) is 0.741. The third-order valence-corrected chi connectivity index (χ3v) is 2.95. The highest BCUT2D eigenvalue weighted by Gasteiger charge is 2.01. The SMILES string of the molecule is CCCCCC/C=C(\C)c1ncccc1Cl. The highest BCUT2D eigenvalue weighted by Crippen LogP contribution is 2.21. The second-order valence-electron chi connectivity index (χ2n) is 4.07. The third-order valence-electron chi connectivity index (χ3n) is 2.64. The van der Waals surface area contributed by atoms with Gasteiger partial charge in [-0.05, 0) is 37.5 Å². The molecule has 2 heteroatoms. The fourth-order valence-corrected chi connectivity index (χ4v) is 1.93. The number of halogens is 1. The van der Waals surface area contributed by atoms with Crippen LogP contribution in [0.1, 0.15) is 51.6 Å². The molecule has 0 fully saturated rings. The number of pyridine rings is 1. The average Bonchev–Trinajstić information content (AvgIpc) is 2.29. The molecule has 1 heterocycles. The summed E-state index contributed by atoms with van der Waals surface area (Å²) < 4.78 is 0. The van der Waals surface area contributed by atoms with Gasteiger partial charge in [0.25, 0.3) is 0 Å². The van der Waals surface area contributed by atoms with Crippen LogP contribution in [0.3, 0.4) is 0 Å². The van der Waals surface area contributed by atoms with E-state index in [4.69, 9.17) is 11.6 Å². The molecule has 0 aliphatic heterocycles. The lowest BCUT2D eigenvalue weighted by molar-refractivity contribution is 0.674. The molecule has 0 spiro atoms. The number of allylic oxidation sites excluding steroid dienone is 2. The van der Waals surface area contributed by atoms with Crippen molar-refractivity contribution in [2.75, 3.05) is 0 Å². The number of hydrogen-bond donors (Lipinski definition) is 0. The van der Waals surface area contributed by atoms with Crippen molar-refractivity contribution < 1.29 is 0 Å². The van der Waals surface area contributed by atoms with Gasteiger partial charge in [-0.3, -0.25) is 4.98 Å². The average molecular weight is 238 g/mol. The van der Waals surface area contributed by atoms with Crippen molar-refractivity contribution in [3.05, 3.63) is 35.1 Å². The van der Waals surface area contributed by atoms with Gasteiger partial charge in [-0.2, -0.15) is 0 Å². The van der Waals surface area contributed by atoms with Gasteiger partial charge in [0.2, 0.25) is 0 Å². The molecule has 0 aromatic carbocycles. The first-order valence-corrected chi connectivity index (χ1v) is 6.41. The van der Waals surface area contributed by atoms with Crippen LogP contribution in [0.5, 0.6) is 0 Å². The van der Waals surface area contributed by atoms with E-state index in [9.17, 15) is 0 Å². The van der Waals surface area contributed by atoms with Gasteiger partial charge in [0, 0.05) is 6.20 Å². The van der Waals surface area contributed by atoms with Crippen LogP contribution in [-0.2, 0) is 0 Å². The highest BCUT2D eigenvalue weighted by molar-refractivity contribution is 6.32. The summed E-state index contributed by atoms with van der Waals surface area (Å²) in [4.78, 5) is 4.29. The predicted octanol–water partition coefficient (Wildman–Crippen LogP) is 5.11. The van der Waals surface area contributed by atoms with Crippen LogP contribution in [0, 0.1) is 0 Å². The van der Waals surface area contributed by atoms with Crippen molar-refractivity contribution in [2.24, 2.45) is 0 Å². The lowest BCUT2D eigenvalue weighted by Crippen LogP contribution is -1.86. The van der Waals surface area contributed by atoms with E-state index in [1.54, 1.807) is 6.20 Å². The Morgan fingerprint density at radius 1 is 1.38 bits per heavy atom. The van der Waals surface area contributed by atoms with Gasteiger partial charge in [-0.15, -0.1) is 0 Å². The van der Waals surface area contributed by atoms with Gasteiger partial charge >= 0.3 is 0 Å². The number of rotatable bonds is 6. The fourth-order valence-electron chi connectivity index (χ4n) is 1.66. The van der Waals surface area contributed by atoms with Crippen LogP contribution in [0.2, 0.25) is 5.02 Å². The van der Waals surface area contributed by atoms with Crippen LogP contribution in [0.25, 0.3) is 5.57 Å². The lowest BCUT2D eigenvalue weighted by Gasteiger charge is -2.03. The van der Waals surface area contributed by atoms with Crippen molar-refractivity contribution in [3.8, 4) is 0 Å². The molecule has 1 nitrogen and oxygen atoms in total. The minimum absolute atomic E-state index is 0.741. The van der Waals surface area contributed by atoms with E-state index in [1.807, 2.05) is 12.1 Å². The van der Waals surface area contributed by atoms with Crippen molar-refractivity contribution in [2.45, 2.75) is 46.0 Å². The Balaban J connectivity index is 2.47. The summed E-state index contributed by atoms with van der Waals surface area (Å²) in [7, 11) is 0. The molecule has 0 unspecified atom stereocenters. The maximum Gasteiger partial charge on any atom is 0.0841 e. The molecule has 0 aliphatic carbocycles. The van der Waals surface area contributed by atoms with Crippen molar-refractivity contribution >= 4 is 17.2 Å². The molecule has 0 amide bonds. The van der Waals surface area contributed by atoms with E-state index in [2.05, 4.69) is 24.9 Å². The Morgan fingerprint density at radius 3 is 2.88 bits per heavy atom. The van der Waals surface area contributed by atoms with Gasteiger partial charge in [0.1, 0.15) is 0 Å². The Labute approximate surface area is 104 Å². The number of aromatic nitrogens is 1. The van der Waals surface area contributed by atoms with E-state index in [0.717, 1.165) is 17.1 Å². The van der Waals surface area contributed by atoms with E-state index in [-0.39, 0.29) is 0 Å². The van der Waals surface area contributed by atoms with E-state index in [0.29, 0.717) is 0 Å². The predicted molar refractivity (Wildman–Crippen MR) is 71.7 cm³/mol. The molecule has 0 radical (unpaired) electrons. The zero-order valence-electron chi connectivity index (χ0n) is 10.2. The minimum Gasteiger partial charge on any atom is -0.255 e. The molecule has 0 saturated heterocycles. The molecular weight excluding hydrogens is 218 g/mol. The molecule has 88 valence electrons. The first kappa shape index (κ1) is 13.2. The number of hydrogen-bond acceptors (Lipinski definition) is 1. The first-order chi connectivity index (χ1) is 7.75. The topological polar surface area (TPSA) is 12.9 Å². The Hall–Kier alpha value is -0.820. The van der Waals surface area contributed by atoms with Gasteiger partial charge in [-0.1, -0.05) is 43.9 Å². The lowest BCUT2D eigenvalue weighted by atomic mass is 10.1. The molecule has 1 aromatic heterocycles. The standard InChI is InChI=1S/C14H20ClN/c1-3-4-5-6-7-9-12(2)14-13(15)10-8-11-16-14/h8-11H,3-7H2,1-2H3/b12-9+. The first-order valence-electron chi connectivity index (χ1n) is 6.03. The van der Waals surface area contributed by atoms with Crippen LogP contribution in [0.15, 0.2) is 24.4 Å². The molecule has 1 rings (SSSR count). The quantitative estimate of drug-likeness (QED) is 0.627. The summed E-state index contributed by atoms with van der Waals surface area (Å²) in [5.74, 6) is 0. The summed E-state index contributed by atoms with van der Waals surface area (Å²) in [6.07, 6.45) is 10.3. The maximum absolute atomic E-state index is 6.08. The van der Waals surface area contributed by atoms with E-state index < -0.39 is 0 Å². The van der Waals surface area contributed by atoms with Crippen molar-refractivity contribution in [1.82, 2.24) is 4.98 Å². The molecule has 0 saturated carbocycles. The zero-order chi connectivity index (χ0) is 11.8. The second-order valence-corrected chi connectivity index (χ2v) is 4.48. The Kier molecular flexibility index (Phi) is 6.17. The summed E-state index contributed by atoms with van der Waals surface area (Å²) >= 11 is 6.08. The van der Waals surface area contributed by atoms with Crippen LogP contribution in [0.4, 0.5) is 0 Å². The van der Waals surface area contributed by atoms with Gasteiger partial charge < -0.3 is 0 Å². The summed E-state index contributed by atoms with van der Waals surface area (Å²) in [6, 6.07) is 3.75. The largest absolute Gasteiger partial charge is 0.255 e. The van der Waals surface area contributed by atoms with Crippen LogP contribution in [-0.4, -0.2) is 4.98 Å². The van der Waals surface area contributed by atoms with Gasteiger partial charge in [-0.25, -0.2) is 0 Å². The fraction of sp³-hybridized carbons (Fsp3) is 0.500. The molecule has 1 aromatic rings. The number of unbranched alkanes of at least 4 members (excludes halogenated alkanes) is 4. The van der Waals surface area contributed by atoms with E-state index >= 15 is 0 Å². The maximum atomic E-state index is 6.08. The third kappa shape index (κ3) is 4.36. The second kappa shape index (κ2) is 7.45. The highest BCUT2D eigenvalue weighted by atomic mass is 35.5. The zero-order valence-corrected chi connectivity index (χ0v) is 10.9. The molecule has 0 N–H and O–H groups in total. The normalized spacial score (nSPS) is 11.8. The monoisotopic (exact) mass is 237 g/mol. The number of nitrogens with zero attached hydrogens (tertiary/aromatic N) is 1. The van der Waals surface area contributed by atoms with E-state index in [1.165, 1.54) is 31.3 Å². The Morgan fingerprint density at radius 2 is 2.19 bits per heavy atom. The molecule has 16 heavy (non-hydrogen) atoms.